The van der Waals surface area contributed by atoms with E-state index in [1.54, 1.807) is 36.9 Å². The van der Waals surface area contributed by atoms with Crippen LogP contribution in [0.4, 0.5) is 5.13 Å². The molecule has 1 amide bonds. The van der Waals surface area contributed by atoms with E-state index in [9.17, 15) is 4.79 Å². The Morgan fingerprint density at radius 1 is 1.25 bits per heavy atom. The Kier molecular flexibility index (Phi) is 5.11. The molecule has 0 spiro atoms. The summed E-state index contributed by atoms with van der Waals surface area (Å²) in [5.74, 6) is 0.317. The highest BCUT2D eigenvalue weighted by Gasteiger charge is 2.13. The fraction of sp³-hybridized carbons (Fsp3) is 0.100. The summed E-state index contributed by atoms with van der Waals surface area (Å²) in [7, 11) is 0. The molecule has 4 aromatic heterocycles. The predicted octanol–water partition coefficient (Wildman–Crippen LogP) is 4.11. The molecule has 0 aliphatic rings. The molecular formula is C20H17N5O2S. The molecule has 0 radical (unpaired) electrons. The van der Waals surface area contributed by atoms with Crippen molar-refractivity contribution in [3.63, 3.8) is 0 Å². The van der Waals surface area contributed by atoms with E-state index in [4.69, 9.17) is 4.42 Å². The fourth-order valence-corrected chi connectivity index (χ4v) is 3.30. The van der Waals surface area contributed by atoms with Crippen LogP contribution in [0.3, 0.4) is 0 Å². The van der Waals surface area contributed by atoms with Crippen molar-refractivity contribution >= 4 is 34.5 Å². The quantitative estimate of drug-likeness (QED) is 0.535. The van der Waals surface area contributed by atoms with Gasteiger partial charge in [-0.25, -0.2) is 9.97 Å². The average molecular weight is 391 g/mol. The third-order valence-electron chi connectivity index (χ3n) is 3.94. The summed E-state index contributed by atoms with van der Waals surface area (Å²) < 4.78 is 7.16. The van der Waals surface area contributed by atoms with Gasteiger partial charge in [-0.2, -0.15) is 0 Å². The molecule has 28 heavy (non-hydrogen) atoms. The molecule has 0 bridgehead atoms. The largest absolute Gasteiger partial charge is 0.445 e. The molecule has 0 fully saturated rings. The lowest BCUT2D eigenvalue weighted by Gasteiger charge is -2.08. The second-order valence-corrected chi connectivity index (χ2v) is 6.93. The van der Waals surface area contributed by atoms with E-state index in [0.717, 1.165) is 17.0 Å². The van der Waals surface area contributed by atoms with Gasteiger partial charge in [-0.3, -0.25) is 15.1 Å². The molecule has 4 aromatic rings. The SMILES string of the molecule is Cc1coc(/C=C/c2csc(NC(=O)c3cccn3Cc3ccncc3)n2)n1. The van der Waals surface area contributed by atoms with Crippen LogP contribution in [0.5, 0.6) is 0 Å². The van der Waals surface area contributed by atoms with Crippen molar-refractivity contribution in [2.24, 2.45) is 0 Å². The second kappa shape index (κ2) is 8.01. The molecule has 8 heteroatoms. The number of hydrogen-bond acceptors (Lipinski definition) is 6. The summed E-state index contributed by atoms with van der Waals surface area (Å²) in [5, 5.41) is 5.25. The lowest BCUT2D eigenvalue weighted by Crippen LogP contribution is -2.17. The number of anilines is 1. The van der Waals surface area contributed by atoms with E-state index < -0.39 is 0 Å². The van der Waals surface area contributed by atoms with Gasteiger partial charge in [0.1, 0.15) is 12.0 Å². The van der Waals surface area contributed by atoms with Crippen LogP contribution in [0.15, 0.2) is 58.9 Å². The highest BCUT2D eigenvalue weighted by atomic mass is 32.1. The zero-order chi connectivity index (χ0) is 19.3. The maximum atomic E-state index is 12.7. The minimum atomic E-state index is -0.202. The van der Waals surface area contributed by atoms with Crippen LogP contribution in [-0.2, 0) is 6.54 Å². The summed E-state index contributed by atoms with van der Waals surface area (Å²) in [6.07, 6.45) is 10.5. The van der Waals surface area contributed by atoms with Gasteiger partial charge in [-0.1, -0.05) is 0 Å². The molecule has 1 N–H and O–H groups in total. The van der Waals surface area contributed by atoms with Gasteiger partial charge in [0.05, 0.1) is 11.4 Å². The number of nitrogens with zero attached hydrogens (tertiary/aromatic N) is 4. The minimum Gasteiger partial charge on any atom is -0.445 e. The van der Waals surface area contributed by atoms with Crippen LogP contribution in [0.2, 0.25) is 0 Å². The summed E-state index contributed by atoms with van der Waals surface area (Å²) in [6, 6.07) is 7.49. The van der Waals surface area contributed by atoms with E-state index in [-0.39, 0.29) is 5.91 Å². The molecule has 0 aliphatic carbocycles. The summed E-state index contributed by atoms with van der Waals surface area (Å²) in [4.78, 5) is 25.3. The first-order valence-electron chi connectivity index (χ1n) is 8.58. The van der Waals surface area contributed by atoms with Crippen LogP contribution >= 0.6 is 11.3 Å². The number of amides is 1. The molecule has 0 aromatic carbocycles. The van der Waals surface area contributed by atoms with Crippen LogP contribution in [0.25, 0.3) is 12.2 Å². The van der Waals surface area contributed by atoms with Crippen LogP contribution in [0.1, 0.15) is 33.3 Å². The molecule has 140 valence electrons. The van der Waals surface area contributed by atoms with E-state index >= 15 is 0 Å². The van der Waals surface area contributed by atoms with Crippen molar-refractivity contribution in [2.45, 2.75) is 13.5 Å². The molecule has 0 aliphatic heterocycles. The third kappa shape index (κ3) is 4.24. The predicted molar refractivity (Wildman–Crippen MR) is 108 cm³/mol. The third-order valence-corrected chi connectivity index (χ3v) is 4.72. The zero-order valence-electron chi connectivity index (χ0n) is 15.1. The second-order valence-electron chi connectivity index (χ2n) is 6.07. The number of aryl methyl sites for hydroxylation is 1. The Morgan fingerprint density at radius 2 is 2.11 bits per heavy atom. The van der Waals surface area contributed by atoms with Crippen LogP contribution < -0.4 is 5.32 Å². The van der Waals surface area contributed by atoms with Crippen molar-refractivity contribution in [1.82, 2.24) is 19.5 Å². The Balaban J connectivity index is 1.43. The topological polar surface area (TPSA) is 85.8 Å². The zero-order valence-corrected chi connectivity index (χ0v) is 15.9. The van der Waals surface area contributed by atoms with Crippen LogP contribution in [-0.4, -0.2) is 25.4 Å². The maximum Gasteiger partial charge on any atom is 0.274 e. The standard InChI is InChI=1S/C20H17N5O2S/c1-14-12-27-18(22-14)5-4-16-13-28-20(23-16)24-19(26)17-3-2-10-25(17)11-15-6-8-21-9-7-15/h2-10,12-13H,11H2,1H3,(H,23,24,26)/b5-4+. The smallest absolute Gasteiger partial charge is 0.274 e. The minimum absolute atomic E-state index is 0.202. The van der Waals surface area contributed by atoms with Gasteiger partial charge < -0.3 is 8.98 Å². The number of hydrogen-bond donors (Lipinski definition) is 1. The fourth-order valence-electron chi connectivity index (χ4n) is 2.63. The first-order valence-corrected chi connectivity index (χ1v) is 9.46. The molecule has 7 nitrogen and oxygen atoms in total. The number of aromatic nitrogens is 4. The van der Waals surface area contributed by atoms with E-state index in [2.05, 4.69) is 20.3 Å². The summed E-state index contributed by atoms with van der Waals surface area (Å²) >= 11 is 1.36. The van der Waals surface area contributed by atoms with Crippen molar-refractivity contribution in [3.05, 3.63) is 83.0 Å². The van der Waals surface area contributed by atoms with Gasteiger partial charge in [0.25, 0.3) is 5.91 Å². The van der Waals surface area contributed by atoms with Crippen molar-refractivity contribution in [1.29, 1.82) is 0 Å². The number of oxazole rings is 1. The van der Waals surface area contributed by atoms with Crippen molar-refractivity contribution in [3.8, 4) is 0 Å². The van der Waals surface area contributed by atoms with E-state index in [0.29, 0.717) is 23.3 Å². The number of pyridine rings is 1. The normalized spacial score (nSPS) is 11.2. The average Bonchev–Trinajstić information content (AvgIpc) is 3.42. The Morgan fingerprint density at radius 3 is 2.89 bits per heavy atom. The molecule has 0 saturated heterocycles. The molecule has 4 rings (SSSR count). The Labute approximate surface area is 165 Å². The van der Waals surface area contributed by atoms with Gasteiger partial charge in [0, 0.05) is 36.6 Å². The number of nitrogens with one attached hydrogen (secondary N) is 1. The van der Waals surface area contributed by atoms with Gasteiger partial charge >= 0.3 is 0 Å². The van der Waals surface area contributed by atoms with Gasteiger partial charge in [0.15, 0.2) is 5.13 Å². The Hall–Kier alpha value is -3.52. The summed E-state index contributed by atoms with van der Waals surface area (Å²) in [5.41, 5.74) is 3.19. The monoisotopic (exact) mass is 391 g/mol. The number of carbonyl (C=O) groups is 1. The highest BCUT2D eigenvalue weighted by molar-refractivity contribution is 7.14. The lowest BCUT2D eigenvalue weighted by atomic mass is 10.2. The number of rotatable bonds is 6. The van der Waals surface area contributed by atoms with Gasteiger partial charge in [-0.15, -0.1) is 11.3 Å². The summed E-state index contributed by atoms with van der Waals surface area (Å²) in [6.45, 7) is 2.46. The van der Waals surface area contributed by atoms with Crippen molar-refractivity contribution in [2.75, 3.05) is 5.32 Å². The van der Waals surface area contributed by atoms with Gasteiger partial charge in [0.2, 0.25) is 5.89 Å². The highest BCUT2D eigenvalue weighted by Crippen LogP contribution is 2.19. The molecule has 4 heterocycles. The molecule has 0 atom stereocenters. The van der Waals surface area contributed by atoms with Crippen molar-refractivity contribution < 1.29 is 9.21 Å². The lowest BCUT2D eigenvalue weighted by molar-refractivity contribution is 0.101. The Bertz CT molecular complexity index is 1110. The molecule has 0 saturated carbocycles. The number of carbonyl (C=O) groups excluding carboxylic acids is 1. The van der Waals surface area contributed by atoms with Gasteiger partial charge in [-0.05, 0) is 42.8 Å². The first kappa shape index (κ1) is 17.9. The van der Waals surface area contributed by atoms with E-state index in [1.165, 1.54) is 11.3 Å². The van der Waals surface area contributed by atoms with Crippen LogP contribution in [0, 0.1) is 6.92 Å². The molecular weight excluding hydrogens is 374 g/mol. The molecule has 0 unspecified atom stereocenters. The first-order chi connectivity index (χ1) is 13.7. The van der Waals surface area contributed by atoms with E-state index in [1.807, 2.05) is 41.3 Å². The number of thiazole rings is 1. The maximum absolute atomic E-state index is 12.7.